The number of carbonyl (C=O) groups excluding carboxylic acids is 1. The van der Waals surface area contributed by atoms with Crippen molar-refractivity contribution in [2.45, 2.75) is 84.8 Å². The van der Waals surface area contributed by atoms with E-state index in [2.05, 4.69) is 47.1 Å². The highest BCUT2D eigenvalue weighted by molar-refractivity contribution is 5.61. The summed E-state index contributed by atoms with van der Waals surface area (Å²) in [5.41, 5.74) is 2.20. The quantitative estimate of drug-likeness (QED) is 0.289. The van der Waals surface area contributed by atoms with E-state index in [1.165, 1.54) is 30.3 Å². The fourth-order valence-electron chi connectivity index (χ4n) is 6.54. The van der Waals surface area contributed by atoms with E-state index in [-0.39, 0.29) is 10.8 Å². The molecule has 7 atom stereocenters. The van der Waals surface area contributed by atoms with Gasteiger partial charge in [-0.05, 0) is 88.9 Å². The zero-order valence-electron chi connectivity index (χ0n) is 22.9. The molecule has 1 aliphatic heterocycles. The zero-order valence-corrected chi connectivity index (χ0v) is 21.9. The van der Waals surface area contributed by atoms with Crippen LogP contribution < -0.4 is 0 Å². The van der Waals surface area contributed by atoms with Gasteiger partial charge in [0.25, 0.3) is 0 Å². The van der Waals surface area contributed by atoms with Crippen molar-refractivity contribution >= 4 is 6.29 Å². The summed E-state index contributed by atoms with van der Waals surface area (Å²) < 4.78 is 21.0. The van der Waals surface area contributed by atoms with Crippen molar-refractivity contribution in [2.24, 2.45) is 34.5 Å². The number of ether oxygens (including phenoxy) is 1. The average Bonchev–Trinajstić information content (AvgIpc) is 3.15. The number of allylic oxidation sites excluding steroid dienone is 4. The minimum Gasteiger partial charge on any atom is -0.367 e. The Morgan fingerprint density at radius 3 is 2.15 bits per heavy atom. The van der Waals surface area contributed by atoms with Gasteiger partial charge in [-0.3, -0.25) is 4.39 Å². The number of carbonyl (C=O) groups is 1. The Morgan fingerprint density at radius 2 is 1.65 bits per heavy atom. The third-order valence-corrected chi connectivity index (χ3v) is 8.72. The van der Waals surface area contributed by atoms with Crippen LogP contribution in [0.2, 0.25) is 0 Å². The molecule has 0 spiro atoms. The van der Waals surface area contributed by atoms with Gasteiger partial charge in [-0.25, -0.2) is 0 Å². The lowest BCUT2D eigenvalue weighted by atomic mass is 9.60. The molecule has 0 radical (unpaired) electrons. The first kappa shape index (κ1) is 28.7. The maximum Gasteiger partial charge on any atom is 0.160 e. The van der Waals surface area contributed by atoms with Crippen LogP contribution >= 0.6 is 0 Å². The van der Waals surface area contributed by atoms with E-state index < -0.39 is 13.4 Å². The number of aliphatic hydroxyl groups excluding tert-OH is 1. The first-order valence-corrected chi connectivity index (χ1v) is 12.7. The molecule has 0 aromatic heterocycles. The summed E-state index contributed by atoms with van der Waals surface area (Å²) >= 11 is 0. The molecule has 1 unspecified atom stereocenters. The summed E-state index contributed by atoms with van der Waals surface area (Å²) in [6.45, 7) is 22.8. The molecule has 1 N–H and O–H groups in total. The van der Waals surface area contributed by atoms with Gasteiger partial charge in [0, 0.05) is 10.8 Å². The summed E-state index contributed by atoms with van der Waals surface area (Å²) in [6.07, 6.45) is 13.8. The maximum atomic E-state index is 11.5. The number of aldehydes is 1. The topological polar surface area (TPSA) is 46.5 Å². The number of rotatable bonds is 8. The number of alkyl halides is 1. The Balaban J connectivity index is 0.000000315. The Bertz CT molecular complexity index is 722. The van der Waals surface area contributed by atoms with E-state index in [4.69, 9.17) is 6.11 Å². The standard InChI is InChI=1S/C15H24O.C14H22O2.CH3F/c1-5-9-15(11-16)10-13(12(3)4)7-8-14(15)6-2;1-4-7-14-8-11(10(2)3)5-6-12(14)9-16-13(14)15;1-2/h5,11,13-14H,1,3,6-10H2,2,4H3;4,11-13,15H,1-2,5-9H2,3H3;1H3/t13-,14-,15-;11-,12+,13?,14+;/m00./s1/i;;1D. The number of hydrogen-bond acceptors (Lipinski definition) is 3. The van der Waals surface area contributed by atoms with Gasteiger partial charge in [0.1, 0.15) is 6.29 Å². The van der Waals surface area contributed by atoms with Crippen LogP contribution in [0.5, 0.6) is 0 Å². The van der Waals surface area contributed by atoms with Crippen LogP contribution in [-0.2, 0) is 9.53 Å². The smallest absolute Gasteiger partial charge is 0.160 e. The van der Waals surface area contributed by atoms with E-state index in [0.717, 1.165) is 44.9 Å². The highest BCUT2D eigenvalue weighted by atomic mass is 19.1. The second-order valence-corrected chi connectivity index (χ2v) is 10.7. The van der Waals surface area contributed by atoms with E-state index in [9.17, 15) is 14.3 Å². The Kier molecular flexibility index (Phi) is 11.9. The van der Waals surface area contributed by atoms with Crippen molar-refractivity contribution in [2.75, 3.05) is 13.8 Å². The maximum absolute atomic E-state index is 11.5. The first-order valence-electron chi connectivity index (χ1n) is 13.5. The Labute approximate surface area is 209 Å². The van der Waals surface area contributed by atoms with Gasteiger partial charge < -0.3 is 14.6 Å². The van der Waals surface area contributed by atoms with Gasteiger partial charge in [0.15, 0.2) is 6.29 Å². The fourth-order valence-corrected chi connectivity index (χ4v) is 6.54. The molecule has 194 valence electrons. The van der Waals surface area contributed by atoms with Crippen LogP contribution in [-0.4, -0.2) is 31.4 Å². The number of fused-ring (bicyclic) bond motifs is 1. The molecule has 0 bridgehead atoms. The van der Waals surface area contributed by atoms with Crippen molar-refractivity contribution < 1.29 is 20.4 Å². The molecule has 2 aliphatic carbocycles. The van der Waals surface area contributed by atoms with Crippen LogP contribution in [0.3, 0.4) is 0 Å². The SMILES string of the molecule is C=CC[C@@]1(C=O)C[C@@H](C(=C)C)CC[C@@H]1CC.C=CC[C@@]12C[C@@H](C(=C)C)CC[C@@H]1COC2O.[2H]CF. The second kappa shape index (κ2) is 14.1. The van der Waals surface area contributed by atoms with Crippen LogP contribution in [0.4, 0.5) is 4.39 Å². The molecule has 4 heteroatoms. The largest absolute Gasteiger partial charge is 0.367 e. The number of aliphatic hydroxyl groups is 1. The molecule has 3 rings (SSSR count). The minimum absolute atomic E-state index is 0.0936. The molecular formula is C30H49FO3. The lowest BCUT2D eigenvalue weighted by Crippen LogP contribution is -2.41. The summed E-state index contributed by atoms with van der Waals surface area (Å²) in [7, 11) is -1.00. The van der Waals surface area contributed by atoms with E-state index in [1.54, 1.807) is 0 Å². The molecule has 0 amide bonds. The number of halogens is 1. The van der Waals surface area contributed by atoms with Gasteiger partial charge >= 0.3 is 0 Å². The van der Waals surface area contributed by atoms with Gasteiger partial charge in [0.05, 0.1) is 15.1 Å². The summed E-state index contributed by atoms with van der Waals surface area (Å²) in [5.74, 6) is 2.08. The molecule has 0 aromatic rings. The Hall–Kier alpha value is -1.52. The third-order valence-electron chi connectivity index (χ3n) is 8.72. The monoisotopic (exact) mass is 477 g/mol. The highest BCUT2D eigenvalue weighted by Crippen LogP contribution is 2.54. The van der Waals surface area contributed by atoms with Crippen LogP contribution in [0, 0.1) is 34.5 Å². The second-order valence-electron chi connectivity index (χ2n) is 10.7. The van der Waals surface area contributed by atoms with Gasteiger partial charge in [-0.1, -0.05) is 49.8 Å². The molecule has 2 saturated carbocycles. The van der Waals surface area contributed by atoms with Crippen LogP contribution in [0.15, 0.2) is 49.6 Å². The van der Waals surface area contributed by atoms with Crippen molar-refractivity contribution in [1.82, 2.24) is 0 Å². The molecule has 0 aromatic carbocycles. The van der Waals surface area contributed by atoms with E-state index >= 15 is 0 Å². The van der Waals surface area contributed by atoms with Crippen molar-refractivity contribution in [3.05, 3.63) is 49.6 Å². The fraction of sp³-hybridized carbons (Fsp3) is 0.700. The average molecular weight is 478 g/mol. The van der Waals surface area contributed by atoms with Crippen LogP contribution in [0.1, 0.15) is 79.9 Å². The molecule has 34 heavy (non-hydrogen) atoms. The predicted octanol–water partition coefficient (Wildman–Crippen LogP) is 7.63. The van der Waals surface area contributed by atoms with Gasteiger partial charge in [-0.15, -0.1) is 13.2 Å². The molecule has 3 fully saturated rings. The van der Waals surface area contributed by atoms with Crippen molar-refractivity contribution in [3.63, 3.8) is 0 Å². The molecule has 1 saturated heterocycles. The molecule has 3 aliphatic rings. The van der Waals surface area contributed by atoms with E-state index in [0.29, 0.717) is 30.3 Å². The first-order chi connectivity index (χ1) is 16.6. The van der Waals surface area contributed by atoms with E-state index in [1.807, 2.05) is 12.2 Å². The summed E-state index contributed by atoms with van der Waals surface area (Å²) in [5, 5.41) is 10.1. The summed E-state index contributed by atoms with van der Waals surface area (Å²) in [6, 6.07) is 0. The summed E-state index contributed by atoms with van der Waals surface area (Å²) in [4.78, 5) is 11.5. The minimum atomic E-state index is -1.00. The normalized spacial score (nSPS) is 36.9. The molecule has 1 heterocycles. The molecule has 3 nitrogen and oxygen atoms in total. The Morgan fingerprint density at radius 1 is 1.09 bits per heavy atom. The molecular weight excluding hydrogens is 427 g/mol. The van der Waals surface area contributed by atoms with Crippen molar-refractivity contribution in [1.29, 1.82) is 0 Å². The van der Waals surface area contributed by atoms with Crippen molar-refractivity contribution in [3.8, 4) is 0 Å². The lowest BCUT2D eigenvalue weighted by Gasteiger charge is -2.43. The highest BCUT2D eigenvalue weighted by Gasteiger charge is 2.53. The third kappa shape index (κ3) is 6.79. The van der Waals surface area contributed by atoms with Gasteiger partial charge in [-0.2, -0.15) is 0 Å². The number of hydrogen-bond donors (Lipinski definition) is 1. The lowest BCUT2D eigenvalue weighted by molar-refractivity contribution is -0.129. The van der Waals surface area contributed by atoms with Crippen LogP contribution in [0.25, 0.3) is 0 Å². The zero-order chi connectivity index (χ0) is 26.6. The van der Waals surface area contributed by atoms with Gasteiger partial charge in [0.2, 0.25) is 0 Å². The predicted molar refractivity (Wildman–Crippen MR) is 141 cm³/mol.